The highest BCUT2D eigenvalue weighted by Crippen LogP contribution is 2.24. The van der Waals surface area contributed by atoms with Gasteiger partial charge >= 0.3 is 0 Å². The average Bonchev–Trinajstić information content (AvgIpc) is 2.72. The molecule has 1 aliphatic rings. The van der Waals surface area contributed by atoms with Crippen LogP contribution in [0.1, 0.15) is 33.1 Å². The standard InChI is InChI=1S/C14H18N2O2/c1-3-5-11-10-14(17)16(15-11)12-6-8-13(9-7-12)18-4-2/h6-9H,3-5,10H2,1-2H3. The third-order valence-corrected chi connectivity index (χ3v) is 2.76. The smallest absolute Gasteiger partial charge is 0.253 e. The van der Waals surface area contributed by atoms with Crippen LogP contribution in [0.4, 0.5) is 5.69 Å². The van der Waals surface area contributed by atoms with E-state index >= 15 is 0 Å². The molecule has 18 heavy (non-hydrogen) atoms. The molecule has 2 rings (SSSR count). The highest BCUT2D eigenvalue weighted by Gasteiger charge is 2.24. The van der Waals surface area contributed by atoms with Crippen LogP contribution in [0.25, 0.3) is 0 Å². The number of anilines is 1. The van der Waals surface area contributed by atoms with Crippen molar-refractivity contribution >= 4 is 17.3 Å². The molecule has 0 aromatic heterocycles. The number of nitrogens with zero attached hydrogens (tertiary/aromatic N) is 2. The van der Waals surface area contributed by atoms with E-state index in [-0.39, 0.29) is 5.91 Å². The Hall–Kier alpha value is -1.84. The first-order chi connectivity index (χ1) is 8.74. The number of ether oxygens (including phenoxy) is 1. The molecule has 0 N–H and O–H groups in total. The maximum Gasteiger partial charge on any atom is 0.253 e. The molecule has 0 saturated heterocycles. The van der Waals surface area contributed by atoms with E-state index in [0.717, 1.165) is 30.0 Å². The highest BCUT2D eigenvalue weighted by atomic mass is 16.5. The molecule has 0 radical (unpaired) electrons. The number of hydrogen-bond acceptors (Lipinski definition) is 3. The van der Waals surface area contributed by atoms with Gasteiger partial charge in [-0.1, -0.05) is 13.3 Å². The van der Waals surface area contributed by atoms with Gasteiger partial charge in [-0.2, -0.15) is 5.10 Å². The summed E-state index contributed by atoms with van der Waals surface area (Å²) in [6, 6.07) is 7.45. The number of carbonyl (C=O) groups is 1. The zero-order valence-electron chi connectivity index (χ0n) is 10.8. The zero-order valence-corrected chi connectivity index (χ0v) is 10.8. The van der Waals surface area contributed by atoms with E-state index in [4.69, 9.17) is 4.74 Å². The van der Waals surface area contributed by atoms with Crippen molar-refractivity contribution < 1.29 is 9.53 Å². The van der Waals surface area contributed by atoms with E-state index in [1.807, 2.05) is 31.2 Å². The van der Waals surface area contributed by atoms with E-state index in [9.17, 15) is 4.79 Å². The topological polar surface area (TPSA) is 41.9 Å². The maximum absolute atomic E-state index is 11.9. The highest BCUT2D eigenvalue weighted by molar-refractivity contribution is 6.12. The number of amides is 1. The van der Waals surface area contributed by atoms with E-state index in [1.165, 1.54) is 5.01 Å². The lowest BCUT2D eigenvalue weighted by molar-refractivity contribution is -0.116. The normalized spacial score (nSPS) is 14.9. The molecule has 0 aliphatic carbocycles. The lowest BCUT2D eigenvalue weighted by atomic mass is 10.2. The van der Waals surface area contributed by atoms with Crippen molar-refractivity contribution in [2.75, 3.05) is 11.6 Å². The molecule has 4 nitrogen and oxygen atoms in total. The molecular formula is C14H18N2O2. The van der Waals surface area contributed by atoms with E-state index in [1.54, 1.807) is 0 Å². The number of rotatable bonds is 5. The predicted molar refractivity (Wildman–Crippen MR) is 72.1 cm³/mol. The lowest BCUT2D eigenvalue weighted by Crippen LogP contribution is -2.19. The Kier molecular flexibility index (Phi) is 3.97. The number of hydrogen-bond donors (Lipinski definition) is 0. The Labute approximate surface area is 107 Å². The number of hydrazone groups is 1. The third-order valence-electron chi connectivity index (χ3n) is 2.76. The second kappa shape index (κ2) is 5.67. The van der Waals surface area contributed by atoms with Gasteiger partial charge in [-0.3, -0.25) is 4.79 Å². The summed E-state index contributed by atoms with van der Waals surface area (Å²) >= 11 is 0. The van der Waals surface area contributed by atoms with E-state index in [2.05, 4.69) is 12.0 Å². The molecule has 0 spiro atoms. The summed E-state index contributed by atoms with van der Waals surface area (Å²) in [6.45, 7) is 4.67. The zero-order chi connectivity index (χ0) is 13.0. The fourth-order valence-electron chi connectivity index (χ4n) is 1.96. The maximum atomic E-state index is 11.9. The first kappa shape index (κ1) is 12.6. The van der Waals surface area contributed by atoms with Gasteiger partial charge in [-0.05, 0) is 37.6 Å². The fourth-order valence-corrected chi connectivity index (χ4v) is 1.96. The molecular weight excluding hydrogens is 228 g/mol. The quantitative estimate of drug-likeness (QED) is 0.801. The van der Waals surface area contributed by atoms with E-state index in [0.29, 0.717) is 13.0 Å². The monoisotopic (exact) mass is 246 g/mol. The Morgan fingerprint density at radius 3 is 2.61 bits per heavy atom. The van der Waals surface area contributed by atoms with Gasteiger partial charge in [0.2, 0.25) is 0 Å². The Morgan fingerprint density at radius 1 is 1.28 bits per heavy atom. The van der Waals surface area contributed by atoms with Crippen LogP contribution >= 0.6 is 0 Å². The summed E-state index contributed by atoms with van der Waals surface area (Å²) in [5.74, 6) is 0.855. The Morgan fingerprint density at radius 2 is 2.00 bits per heavy atom. The fraction of sp³-hybridized carbons (Fsp3) is 0.429. The predicted octanol–water partition coefficient (Wildman–Crippen LogP) is 2.98. The minimum absolute atomic E-state index is 0.0441. The van der Waals surface area contributed by atoms with Crippen LogP contribution in [-0.2, 0) is 4.79 Å². The van der Waals surface area contributed by atoms with Gasteiger partial charge in [0.25, 0.3) is 5.91 Å². The molecule has 1 aliphatic heterocycles. The Bertz CT molecular complexity index is 451. The van der Waals surface area contributed by atoms with Gasteiger partial charge in [0.15, 0.2) is 0 Å². The molecule has 0 fully saturated rings. The van der Waals surface area contributed by atoms with Crippen LogP contribution in [0.3, 0.4) is 0 Å². The van der Waals surface area contributed by atoms with Crippen LogP contribution < -0.4 is 9.75 Å². The second-order valence-electron chi connectivity index (χ2n) is 4.23. The first-order valence-corrected chi connectivity index (χ1v) is 6.36. The molecule has 0 unspecified atom stereocenters. The van der Waals surface area contributed by atoms with Gasteiger partial charge in [0.05, 0.1) is 18.7 Å². The molecule has 1 heterocycles. The summed E-state index contributed by atoms with van der Waals surface area (Å²) < 4.78 is 5.37. The summed E-state index contributed by atoms with van der Waals surface area (Å²) in [5, 5.41) is 5.85. The average molecular weight is 246 g/mol. The van der Waals surface area contributed by atoms with Crippen molar-refractivity contribution in [1.29, 1.82) is 0 Å². The minimum Gasteiger partial charge on any atom is -0.494 e. The van der Waals surface area contributed by atoms with Crippen molar-refractivity contribution in [3.8, 4) is 5.75 Å². The first-order valence-electron chi connectivity index (χ1n) is 6.36. The van der Waals surface area contributed by atoms with Gasteiger partial charge < -0.3 is 4.74 Å². The van der Waals surface area contributed by atoms with Crippen molar-refractivity contribution in [2.45, 2.75) is 33.1 Å². The Balaban J connectivity index is 2.13. The van der Waals surface area contributed by atoms with Crippen molar-refractivity contribution in [3.63, 3.8) is 0 Å². The lowest BCUT2D eigenvalue weighted by Gasteiger charge is -2.12. The molecule has 0 saturated carbocycles. The van der Waals surface area contributed by atoms with E-state index < -0.39 is 0 Å². The van der Waals surface area contributed by atoms with Gasteiger partial charge in [-0.15, -0.1) is 0 Å². The van der Waals surface area contributed by atoms with Crippen molar-refractivity contribution in [2.24, 2.45) is 5.10 Å². The van der Waals surface area contributed by atoms with Crippen LogP contribution in [0.15, 0.2) is 29.4 Å². The van der Waals surface area contributed by atoms with Crippen LogP contribution in [0.2, 0.25) is 0 Å². The molecule has 4 heteroatoms. The van der Waals surface area contributed by atoms with Crippen LogP contribution in [0.5, 0.6) is 5.75 Å². The largest absolute Gasteiger partial charge is 0.494 e. The van der Waals surface area contributed by atoms with Crippen LogP contribution in [0, 0.1) is 0 Å². The summed E-state index contributed by atoms with van der Waals surface area (Å²) in [6.07, 6.45) is 2.35. The third kappa shape index (κ3) is 2.70. The van der Waals surface area contributed by atoms with Crippen molar-refractivity contribution in [3.05, 3.63) is 24.3 Å². The molecule has 0 atom stereocenters. The summed E-state index contributed by atoms with van der Waals surface area (Å²) in [4.78, 5) is 11.9. The van der Waals surface area contributed by atoms with Crippen LogP contribution in [-0.4, -0.2) is 18.2 Å². The number of benzene rings is 1. The van der Waals surface area contributed by atoms with Gasteiger partial charge in [-0.25, -0.2) is 5.01 Å². The summed E-state index contributed by atoms with van der Waals surface area (Å²) in [7, 11) is 0. The van der Waals surface area contributed by atoms with Crippen molar-refractivity contribution in [1.82, 2.24) is 0 Å². The molecule has 1 amide bonds. The molecule has 0 bridgehead atoms. The van der Waals surface area contributed by atoms with Gasteiger partial charge in [0, 0.05) is 5.71 Å². The summed E-state index contributed by atoms with van der Waals surface area (Å²) in [5.41, 5.74) is 1.77. The second-order valence-corrected chi connectivity index (χ2v) is 4.23. The SMILES string of the molecule is CCCC1=NN(c2ccc(OCC)cc2)C(=O)C1. The molecule has 1 aromatic rings. The molecule has 1 aromatic carbocycles. The number of carbonyl (C=O) groups excluding carboxylic acids is 1. The van der Waals surface area contributed by atoms with Gasteiger partial charge in [0.1, 0.15) is 5.75 Å². The minimum atomic E-state index is 0.0441. The molecule has 96 valence electrons.